The summed E-state index contributed by atoms with van der Waals surface area (Å²) in [6.45, 7) is 1.72. The van der Waals surface area contributed by atoms with Gasteiger partial charge in [-0.1, -0.05) is 18.2 Å². The average molecular weight is 592 g/mol. The normalized spacial score (nSPS) is 12.3. The quantitative estimate of drug-likeness (QED) is 0.0499. The van der Waals surface area contributed by atoms with Gasteiger partial charge in [-0.3, -0.25) is 20.4 Å². The summed E-state index contributed by atoms with van der Waals surface area (Å²) in [5.41, 5.74) is 7.02. The number of guanidine groups is 1. The second kappa shape index (κ2) is 13.7. The van der Waals surface area contributed by atoms with Crippen molar-refractivity contribution in [2.45, 2.75) is 36.9 Å². The Morgan fingerprint density at radius 3 is 2.38 bits per heavy atom. The minimum Gasteiger partial charge on any atom is -0.494 e. The van der Waals surface area contributed by atoms with Gasteiger partial charge in [-0.15, -0.1) is 0 Å². The first-order valence-electron chi connectivity index (χ1n) is 11.1. The van der Waals surface area contributed by atoms with Crippen LogP contribution in [0.1, 0.15) is 17.5 Å². The fraction of sp³-hybridized carbons (Fsp3) is 0.318. The van der Waals surface area contributed by atoms with Crippen molar-refractivity contribution in [2.75, 3.05) is 13.2 Å². The zero-order chi connectivity index (χ0) is 30.1. The Labute approximate surface area is 225 Å². The molecule has 0 heterocycles. The lowest BCUT2D eigenvalue weighted by molar-refractivity contribution is -0.385. The number of hydrogen-bond acceptors (Lipinski definition) is 10. The molecular formula is C22H24F3N5O9S. The van der Waals surface area contributed by atoms with Gasteiger partial charge in [-0.25, -0.2) is 23.5 Å². The third kappa shape index (κ3) is 9.79. The number of nitrogens with zero attached hydrogens (tertiary/aromatic N) is 1. The number of carbonyl (C=O) groups is 2. The lowest BCUT2D eigenvalue weighted by atomic mass is 10.1. The number of nitrogens with two attached hydrogens (primary N) is 1. The Bertz CT molecular complexity index is 1350. The number of benzene rings is 2. The summed E-state index contributed by atoms with van der Waals surface area (Å²) in [6.07, 6.45) is -5.67. The van der Waals surface area contributed by atoms with E-state index in [2.05, 4.69) is 10.2 Å². The predicted molar refractivity (Wildman–Crippen MR) is 130 cm³/mol. The van der Waals surface area contributed by atoms with Crippen LogP contribution in [0, 0.1) is 22.4 Å². The van der Waals surface area contributed by atoms with Crippen molar-refractivity contribution < 1.29 is 50.4 Å². The number of carbonyl (C=O) groups excluding carboxylic acids is 2. The molecule has 0 aliphatic heterocycles. The zero-order valence-electron chi connectivity index (χ0n) is 20.7. The number of esters is 2. The van der Waals surface area contributed by atoms with Crippen LogP contribution >= 0.6 is 0 Å². The van der Waals surface area contributed by atoms with E-state index in [1.807, 2.05) is 4.72 Å². The number of ether oxygens (including phenoxy) is 2. The highest BCUT2D eigenvalue weighted by Crippen LogP contribution is 2.23. The summed E-state index contributed by atoms with van der Waals surface area (Å²) in [5, 5.41) is 18.1. The van der Waals surface area contributed by atoms with E-state index < -0.39 is 56.1 Å². The fourth-order valence-electron chi connectivity index (χ4n) is 3.01. The summed E-state index contributed by atoms with van der Waals surface area (Å²) in [7, 11) is -4.71. The smallest absolute Gasteiger partial charge is 0.491 e. The number of halogens is 3. The van der Waals surface area contributed by atoms with Crippen molar-refractivity contribution in [3.63, 3.8) is 0 Å². The summed E-state index contributed by atoms with van der Waals surface area (Å²) in [6, 6.07) is 6.48. The lowest BCUT2D eigenvalue weighted by Crippen LogP contribution is -2.45. The van der Waals surface area contributed by atoms with Gasteiger partial charge in [0.15, 0.2) is 0 Å². The summed E-state index contributed by atoms with van der Waals surface area (Å²) >= 11 is 0. The molecule has 218 valence electrons. The summed E-state index contributed by atoms with van der Waals surface area (Å²) in [5.74, 6) is -4.71. The highest BCUT2D eigenvalue weighted by atomic mass is 32.2. The number of nitro benzene ring substituents is 1. The molecule has 0 saturated carbocycles. The monoisotopic (exact) mass is 591 g/mol. The van der Waals surface area contributed by atoms with Gasteiger partial charge in [0, 0.05) is 18.1 Å². The minimum absolute atomic E-state index is 0.137. The van der Waals surface area contributed by atoms with Crippen LogP contribution in [0.5, 0.6) is 5.75 Å². The first-order chi connectivity index (χ1) is 18.6. The number of alkyl halides is 3. The van der Waals surface area contributed by atoms with Gasteiger partial charge >= 0.3 is 18.1 Å². The van der Waals surface area contributed by atoms with E-state index in [0.29, 0.717) is 18.2 Å². The van der Waals surface area contributed by atoms with Crippen LogP contribution < -0.4 is 20.7 Å². The largest absolute Gasteiger partial charge is 0.494 e. The van der Waals surface area contributed by atoms with E-state index in [9.17, 15) is 41.3 Å². The molecular weight excluding hydrogens is 567 g/mol. The van der Waals surface area contributed by atoms with Crippen molar-refractivity contribution in [3.05, 3.63) is 63.7 Å². The topological polar surface area (TPSA) is 213 Å². The molecule has 1 atom stereocenters. The molecule has 40 heavy (non-hydrogen) atoms. The third-order valence-electron chi connectivity index (χ3n) is 4.90. The van der Waals surface area contributed by atoms with E-state index >= 15 is 0 Å². The van der Waals surface area contributed by atoms with E-state index in [1.54, 1.807) is 0 Å². The average Bonchev–Trinajstić information content (AvgIpc) is 2.85. The Morgan fingerprint density at radius 1 is 1.15 bits per heavy atom. The number of sulfonamides is 1. The number of rotatable bonds is 13. The Balaban J connectivity index is 2.20. The molecule has 2 aromatic carbocycles. The highest BCUT2D eigenvalue weighted by molar-refractivity contribution is 7.89. The maximum absolute atomic E-state index is 12.9. The van der Waals surface area contributed by atoms with Gasteiger partial charge in [0.05, 0.1) is 23.0 Å². The Morgan fingerprint density at radius 2 is 1.80 bits per heavy atom. The molecule has 0 aliphatic rings. The van der Waals surface area contributed by atoms with Crippen LogP contribution in [-0.2, 0) is 35.6 Å². The molecule has 5 N–H and O–H groups in total. The van der Waals surface area contributed by atoms with E-state index in [0.717, 1.165) is 12.1 Å². The first kappa shape index (κ1) is 31.9. The van der Waals surface area contributed by atoms with Crippen LogP contribution in [0.2, 0.25) is 0 Å². The molecule has 0 amide bonds. The second-order valence-corrected chi connectivity index (χ2v) is 9.71. The molecule has 0 aromatic heterocycles. The third-order valence-corrected chi connectivity index (χ3v) is 6.37. The van der Waals surface area contributed by atoms with Gasteiger partial charge in [-0.2, -0.15) is 17.9 Å². The standard InChI is InChI=1S/C22H24F3N5O9S/c1-13-3-8-16(12-18(13)30(33)34)40(35,36)29-17(19(31)39-20(32)22(23,24)25)11-14-4-6-15(7-5-14)37-9-2-10-38-28-21(26)27/h3-8,12,17,29H,2,9-11H2,1H3,(H4,26,27,28)/t17-/m0/s1. The van der Waals surface area contributed by atoms with Gasteiger partial charge in [0.25, 0.3) is 5.69 Å². The molecule has 14 nitrogen and oxygen atoms in total. The lowest BCUT2D eigenvalue weighted by Gasteiger charge is -2.18. The van der Waals surface area contributed by atoms with Crippen molar-refractivity contribution in [2.24, 2.45) is 5.73 Å². The molecule has 0 radical (unpaired) electrons. The molecule has 0 spiro atoms. The van der Waals surface area contributed by atoms with Gasteiger partial charge in [0.1, 0.15) is 11.8 Å². The summed E-state index contributed by atoms with van der Waals surface area (Å²) in [4.78, 5) is 38.2. The first-order valence-corrected chi connectivity index (χ1v) is 12.6. The van der Waals surface area contributed by atoms with Crippen LogP contribution in [0.15, 0.2) is 47.4 Å². The van der Waals surface area contributed by atoms with Crippen molar-refractivity contribution in [1.82, 2.24) is 10.2 Å². The highest BCUT2D eigenvalue weighted by Gasteiger charge is 2.44. The number of aryl methyl sites for hydroxylation is 1. The van der Waals surface area contributed by atoms with Crippen molar-refractivity contribution in [1.29, 1.82) is 5.41 Å². The molecule has 18 heteroatoms. The minimum atomic E-state index is -5.52. The van der Waals surface area contributed by atoms with E-state index in [4.69, 9.17) is 20.7 Å². The van der Waals surface area contributed by atoms with Crippen LogP contribution in [-0.4, -0.2) is 56.7 Å². The molecule has 2 aromatic rings. The summed E-state index contributed by atoms with van der Waals surface area (Å²) < 4.78 is 74.9. The predicted octanol–water partition coefficient (Wildman–Crippen LogP) is 1.61. The van der Waals surface area contributed by atoms with E-state index in [-0.39, 0.29) is 30.3 Å². The Kier molecular flexibility index (Phi) is 10.9. The molecule has 0 fully saturated rings. The van der Waals surface area contributed by atoms with Crippen molar-refractivity contribution in [3.8, 4) is 5.75 Å². The van der Waals surface area contributed by atoms with Gasteiger partial charge < -0.3 is 15.2 Å². The number of nitro groups is 1. The zero-order valence-corrected chi connectivity index (χ0v) is 21.5. The number of hydrogen-bond donors (Lipinski definition) is 4. The maximum Gasteiger partial charge on any atom is 0.491 e. The van der Waals surface area contributed by atoms with Gasteiger partial charge in [0.2, 0.25) is 16.0 Å². The number of hydroxylamine groups is 1. The number of nitrogens with one attached hydrogen (secondary N) is 3. The van der Waals surface area contributed by atoms with Crippen LogP contribution in [0.25, 0.3) is 0 Å². The molecule has 0 saturated heterocycles. The second-order valence-electron chi connectivity index (χ2n) is 8.00. The molecule has 0 aliphatic carbocycles. The van der Waals surface area contributed by atoms with Crippen molar-refractivity contribution >= 4 is 33.6 Å². The Hall–Kier alpha value is -4.29. The van der Waals surface area contributed by atoms with Crippen LogP contribution in [0.3, 0.4) is 0 Å². The van der Waals surface area contributed by atoms with E-state index in [1.165, 1.54) is 31.2 Å². The molecule has 0 bridgehead atoms. The van der Waals surface area contributed by atoms with Gasteiger partial charge in [-0.05, 0) is 37.1 Å². The molecule has 0 unspecified atom stereocenters. The SMILES string of the molecule is Cc1ccc(S(=O)(=O)N[C@@H](Cc2ccc(OCCCONC(=N)N)cc2)C(=O)OC(=O)C(F)(F)F)cc1[N+](=O)[O-]. The van der Waals surface area contributed by atoms with Crippen LogP contribution in [0.4, 0.5) is 18.9 Å². The maximum atomic E-state index is 12.9. The fourth-order valence-corrected chi connectivity index (χ4v) is 4.21. The molecule has 2 rings (SSSR count).